The zero-order valence-electron chi connectivity index (χ0n) is 44.3. The van der Waals surface area contributed by atoms with Crippen LogP contribution >= 0.6 is 0 Å². The molecule has 0 radical (unpaired) electrons. The lowest BCUT2D eigenvalue weighted by atomic mass is 9.96. The second-order valence-electron chi connectivity index (χ2n) is 17.9. The van der Waals surface area contributed by atoms with Crippen LogP contribution in [0.15, 0.2) is 78.9 Å². The predicted molar refractivity (Wildman–Crippen MR) is 283 cm³/mol. The van der Waals surface area contributed by atoms with Gasteiger partial charge < -0.3 is 33.3 Å². The van der Waals surface area contributed by atoms with Crippen LogP contribution in [0.3, 0.4) is 0 Å². The molecule has 14 nitrogen and oxygen atoms in total. The Morgan fingerprint density at radius 3 is 1.66 bits per heavy atom. The molecule has 0 unspecified atom stereocenters. The van der Waals surface area contributed by atoms with Crippen LogP contribution in [0, 0.1) is 0 Å². The van der Waals surface area contributed by atoms with Gasteiger partial charge in [-0.25, -0.2) is 19.2 Å². The maximum atomic E-state index is 13.6. The van der Waals surface area contributed by atoms with Gasteiger partial charge in [0.2, 0.25) is 5.75 Å². The van der Waals surface area contributed by atoms with Gasteiger partial charge in [0.25, 0.3) is 0 Å². The summed E-state index contributed by atoms with van der Waals surface area (Å²) in [5.41, 5.74) is 4.68. The maximum Gasteiger partial charge on any atom is 0.365 e. The third kappa shape index (κ3) is 26.9. The summed E-state index contributed by atoms with van der Waals surface area (Å²) in [5, 5.41) is 0. The van der Waals surface area contributed by atoms with E-state index in [-0.39, 0.29) is 18.5 Å². The molecule has 0 spiro atoms. The van der Waals surface area contributed by atoms with Crippen molar-refractivity contribution >= 4 is 36.0 Å². The van der Waals surface area contributed by atoms with Crippen LogP contribution in [-0.4, -0.2) is 78.2 Å². The van der Waals surface area contributed by atoms with Crippen molar-refractivity contribution in [2.75, 3.05) is 54.4 Å². The Hall–Kier alpha value is -6.12. The van der Waals surface area contributed by atoms with E-state index in [2.05, 4.69) is 30.4 Å². The van der Waals surface area contributed by atoms with Crippen molar-refractivity contribution < 1.29 is 67.1 Å². The number of methoxy groups -OCH3 is 3. The summed E-state index contributed by atoms with van der Waals surface area (Å²) in [6.07, 6.45) is 26.0. The van der Waals surface area contributed by atoms with Gasteiger partial charge in [-0.15, -0.1) is 0 Å². The third-order valence-corrected chi connectivity index (χ3v) is 11.8. The van der Waals surface area contributed by atoms with Crippen LogP contribution in [0.4, 0.5) is 0 Å². The molecule has 14 heteroatoms. The molecule has 0 aromatic heterocycles. The zero-order valence-corrected chi connectivity index (χ0v) is 44.3. The van der Waals surface area contributed by atoms with Crippen LogP contribution in [0.5, 0.6) is 23.0 Å². The summed E-state index contributed by atoms with van der Waals surface area (Å²) in [4.78, 5) is 69.9. The van der Waals surface area contributed by atoms with Crippen molar-refractivity contribution in [2.45, 2.75) is 149 Å². The predicted octanol–water partition coefficient (Wildman–Crippen LogP) is 13.3. The molecule has 0 aliphatic rings. The summed E-state index contributed by atoms with van der Waals surface area (Å²) in [6, 6.07) is 16.9. The molecule has 402 valence electrons. The average Bonchev–Trinajstić information content (AvgIpc) is 3.40. The van der Waals surface area contributed by atoms with E-state index in [0.717, 1.165) is 157 Å². The van der Waals surface area contributed by atoms with E-state index in [1.165, 1.54) is 26.4 Å². The molecule has 0 aliphatic carbocycles. The molecular formula is C59H82O14. The van der Waals surface area contributed by atoms with Crippen molar-refractivity contribution in [1.29, 1.82) is 0 Å². The van der Waals surface area contributed by atoms with E-state index >= 15 is 0 Å². The van der Waals surface area contributed by atoms with Gasteiger partial charge in [0.15, 0.2) is 17.2 Å². The van der Waals surface area contributed by atoms with Gasteiger partial charge in [-0.2, -0.15) is 9.78 Å². The summed E-state index contributed by atoms with van der Waals surface area (Å²) < 4.78 is 32.3. The van der Waals surface area contributed by atoms with Crippen molar-refractivity contribution in [2.24, 2.45) is 0 Å². The van der Waals surface area contributed by atoms with Crippen LogP contribution in [0.2, 0.25) is 0 Å². The first kappa shape index (κ1) is 61.2. The molecule has 0 amide bonds. The lowest BCUT2D eigenvalue weighted by Crippen LogP contribution is -2.10. The molecule has 0 saturated heterocycles. The number of hydrogen-bond acceptors (Lipinski definition) is 14. The van der Waals surface area contributed by atoms with E-state index < -0.39 is 11.9 Å². The minimum absolute atomic E-state index is 0.274. The highest BCUT2D eigenvalue weighted by Gasteiger charge is 2.15. The smallest absolute Gasteiger partial charge is 0.365 e. The van der Waals surface area contributed by atoms with E-state index in [0.29, 0.717) is 60.6 Å². The quantitative estimate of drug-likeness (QED) is 0.0132. The molecule has 3 aromatic carbocycles. The number of rotatable bonds is 41. The van der Waals surface area contributed by atoms with E-state index in [1.54, 1.807) is 50.5 Å². The largest absolute Gasteiger partial charge is 0.493 e. The number of aryl methyl sites for hydroxylation is 2. The van der Waals surface area contributed by atoms with Crippen LogP contribution in [0.25, 0.3) is 12.2 Å². The van der Waals surface area contributed by atoms with Crippen LogP contribution in [-0.2, 0) is 56.1 Å². The van der Waals surface area contributed by atoms with Gasteiger partial charge in [0.05, 0.1) is 59.9 Å². The molecule has 0 bridgehead atoms. The lowest BCUT2D eigenvalue weighted by Gasteiger charge is -2.13. The van der Waals surface area contributed by atoms with Gasteiger partial charge in [0.1, 0.15) is 0 Å². The fourth-order valence-corrected chi connectivity index (χ4v) is 7.55. The van der Waals surface area contributed by atoms with Crippen molar-refractivity contribution in [3.05, 3.63) is 107 Å². The SMILES string of the molecule is C=C(C)C(=O)OCCCCCCCCCCCOC(=O)c1cc(CCCCCCOOc2ccc(/C=C/C(=O)OC)cc2OC)ccc1CCCCCCOOC(=O)/C=C/c1ccc(OCCCC)c(OC)c1. The van der Waals surface area contributed by atoms with Crippen LogP contribution < -0.4 is 19.1 Å². The number of carbonyl (C=O) groups is 4. The Kier molecular flexibility index (Phi) is 32.3. The minimum Gasteiger partial charge on any atom is -0.493 e. The average molecular weight is 1020 g/mol. The number of unbranched alkanes of at least 4 members (excludes halogenated alkanes) is 15. The normalized spacial score (nSPS) is 11.1. The molecule has 0 atom stereocenters. The first-order chi connectivity index (χ1) is 35.6. The number of esters is 3. The summed E-state index contributed by atoms with van der Waals surface area (Å²) >= 11 is 0. The molecule has 3 rings (SSSR count). The highest BCUT2D eigenvalue weighted by Crippen LogP contribution is 2.30. The standard InChI is InChI=1S/C59H82O14/c1-7-8-38-67-52-34-29-48(44-54(52)64-4)32-37-57(61)73-71-42-25-19-15-21-27-50-33-28-47(26-20-14-18-24-41-70-72-53-35-30-49(45-55(53)65-5)31-36-56(60)66-6)43-51(50)59(63)69-40-23-17-13-11-9-10-12-16-22-39-68-58(62)46(2)3/h28-37,43-45H,2,7-27,38-42H2,1,3-6H3/b36-31+,37-32+. The molecule has 0 fully saturated rings. The van der Waals surface area contributed by atoms with Gasteiger partial charge in [-0.1, -0.05) is 115 Å². The zero-order chi connectivity index (χ0) is 52.7. The molecule has 73 heavy (non-hydrogen) atoms. The highest BCUT2D eigenvalue weighted by atomic mass is 17.2. The topological polar surface area (TPSA) is 161 Å². The Labute approximate surface area is 434 Å². The fourth-order valence-electron chi connectivity index (χ4n) is 7.55. The van der Waals surface area contributed by atoms with Gasteiger partial charge in [-0.3, -0.25) is 4.89 Å². The van der Waals surface area contributed by atoms with Gasteiger partial charge in [-0.05, 0) is 129 Å². The second-order valence-corrected chi connectivity index (χ2v) is 17.9. The Balaban J connectivity index is 1.40. The number of carbonyl (C=O) groups excluding carboxylic acids is 4. The number of benzene rings is 3. The first-order valence-electron chi connectivity index (χ1n) is 26.3. The van der Waals surface area contributed by atoms with Crippen molar-refractivity contribution in [3.63, 3.8) is 0 Å². The summed E-state index contributed by atoms with van der Waals surface area (Å²) in [7, 11) is 4.45. The molecule has 0 aliphatic heterocycles. The monoisotopic (exact) mass is 1010 g/mol. The lowest BCUT2D eigenvalue weighted by molar-refractivity contribution is -0.267. The minimum atomic E-state index is -0.601. The van der Waals surface area contributed by atoms with Gasteiger partial charge in [0, 0.05) is 17.7 Å². The highest BCUT2D eigenvalue weighted by molar-refractivity contribution is 5.91. The maximum absolute atomic E-state index is 13.6. The third-order valence-electron chi connectivity index (χ3n) is 11.8. The molecule has 0 saturated carbocycles. The van der Waals surface area contributed by atoms with Gasteiger partial charge >= 0.3 is 23.9 Å². The Bertz CT molecular complexity index is 2140. The fraction of sp³-hybridized carbons (Fsp3) is 0.525. The van der Waals surface area contributed by atoms with Crippen LogP contribution in [0.1, 0.15) is 168 Å². The molecule has 3 aromatic rings. The van der Waals surface area contributed by atoms with E-state index in [4.69, 9.17) is 43.2 Å². The summed E-state index contributed by atoms with van der Waals surface area (Å²) in [6.45, 7) is 9.51. The second kappa shape index (κ2) is 38.5. The van der Waals surface area contributed by atoms with Crippen molar-refractivity contribution in [1.82, 2.24) is 0 Å². The number of hydrogen-bond donors (Lipinski definition) is 0. The van der Waals surface area contributed by atoms with E-state index in [1.807, 2.05) is 18.2 Å². The first-order valence-corrected chi connectivity index (χ1v) is 26.3. The Morgan fingerprint density at radius 2 is 1.05 bits per heavy atom. The summed E-state index contributed by atoms with van der Waals surface area (Å²) in [5.74, 6) is 0.536. The molecular weight excluding hydrogens is 933 g/mol. The molecule has 0 heterocycles. The Morgan fingerprint density at radius 1 is 0.521 bits per heavy atom. The molecule has 0 N–H and O–H groups in total. The van der Waals surface area contributed by atoms with E-state index in [9.17, 15) is 19.2 Å². The number of ether oxygens (including phenoxy) is 6. The van der Waals surface area contributed by atoms with Crippen molar-refractivity contribution in [3.8, 4) is 23.0 Å².